The number of carbonyl (C=O) groups is 1. The van der Waals surface area contributed by atoms with Gasteiger partial charge in [0, 0.05) is 38.6 Å². The number of imidazole rings is 1. The number of carboxylic acid groups (broad SMARTS) is 1. The van der Waals surface area contributed by atoms with Crippen LogP contribution in [0.2, 0.25) is 0 Å². The van der Waals surface area contributed by atoms with Crippen molar-refractivity contribution in [2.45, 2.75) is 31.5 Å². The molecule has 0 radical (unpaired) electrons. The molecular formula is C20H22F3N7O2. The van der Waals surface area contributed by atoms with E-state index in [9.17, 15) is 18.0 Å². The van der Waals surface area contributed by atoms with Gasteiger partial charge in [-0.25, -0.2) is 14.5 Å². The number of carboxylic acids is 1. The number of piperazine rings is 1. The SMILES string of the molecule is O=C(O)c1cn(Cc2cn3cc(C4CC4)cc(N4CCN(CC(F)(F)F)CC4)c3n2)nn1. The molecule has 1 aliphatic carbocycles. The van der Waals surface area contributed by atoms with Gasteiger partial charge < -0.3 is 14.4 Å². The third-order valence-electron chi connectivity index (χ3n) is 5.85. The van der Waals surface area contributed by atoms with Gasteiger partial charge in [-0.2, -0.15) is 13.2 Å². The molecule has 9 nitrogen and oxygen atoms in total. The molecular weight excluding hydrogens is 427 g/mol. The second-order valence-corrected chi connectivity index (χ2v) is 8.38. The monoisotopic (exact) mass is 449 g/mol. The maximum atomic E-state index is 12.7. The molecule has 1 saturated carbocycles. The molecule has 1 N–H and O–H groups in total. The molecule has 32 heavy (non-hydrogen) atoms. The lowest BCUT2D eigenvalue weighted by Crippen LogP contribution is -2.49. The maximum absolute atomic E-state index is 12.7. The van der Waals surface area contributed by atoms with E-state index < -0.39 is 18.7 Å². The fraction of sp³-hybridized carbons (Fsp3) is 0.500. The number of aromatic nitrogens is 5. The summed E-state index contributed by atoms with van der Waals surface area (Å²) in [6.45, 7) is 1.04. The largest absolute Gasteiger partial charge is 0.476 e. The molecule has 3 aromatic rings. The predicted molar refractivity (Wildman–Crippen MR) is 108 cm³/mol. The van der Waals surface area contributed by atoms with Crippen molar-refractivity contribution >= 4 is 17.3 Å². The number of rotatable bonds is 6. The van der Waals surface area contributed by atoms with Gasteiger partial charge in [0.15, 0.2) is 11.3 Å². The summed E-state index contributed by atoms with van der Waals surface area (Å²) >= 11 is 0. The molecule has 0 bridgehead atoms. The van der Waals surface area contributed by atoms with Crippen molar-refractivity contribution in [3.05, 3.63) is 41.6 Å². The highest BCUT2D eigenvalue weighted by Crippen LogP contribution is 2.42. The summed E-state index contributed by atoms with van der Waals surface area (Å²) in [6, 6.07) is 2.11. The zero-order valence-corrected chi connectivity index (χ0v) is 17.2. The van der Waals surface area contributed by atoms with E-state index in [-0.39, 0.29) is 12.2 Å². The van der Waals surface area contributed by atoms with Crippen molar-refractivity contribution in [1.29, 1.82) is 0 Å². The third kappa shape index (κ3) is 4.40. The van der Waals surface area contributed by atoms with Gasteiger partial charge in [0.2, 0.25) is 0 Å². The number of anilines is 1. The molecule has 0 atom stereocenters. The number of pyridine rings is 1. The van der Waals surface area contributed by atoms with Gasteiger partial charge >= 0.3 is 12.1 Å². The van der Waals surface area contributed by atoms with Crippen LogP contribution < -0.4 is 4.90 Å². The molecule has 0 spiro atoms. The summed E-state index contributed by atoms with van der Waals surface area (Å²) in [4.78, 5) is 19.3. The molecule has 2 fully saturated rings. The summed E-state index contributed by atoms with van der Waals surface area (Å²) in [5.41, 5.74) is 3.39. The molecule has 4 heterocycles. The highest BCUT2D eigenvalue weighted by atomic mass is 19.4. The van der Waals surface area contributed by atoms with E-state index in [0.717, 1.165) is 24.2 Å². The van der Waals surface area contributed by atoms with Gasteiger partial charge in [0.1, 0.15) is 0 Å². The highest BCUT2D eigenvalue weighted by Gasteiger charge is 2.33. The molecule has 1 saturated heterocycles. The van der Waals surface area contributed by atoms with Crippen molar-refractivity contribution < 1.29 is 23.1 Å². The number of nitrogens with zero attached hydrogens (tertiary/aromatic N) is 7. The summed E-state index contributed by atoms with van der Waals surface area (Å²) in [6.07, 6.45) is 3.35. The Kier molecular flexibility index (Phi) is 5.03. The fourth-order valence-corrected chi connectivity index (χ4v) is 4.14. The smallest absolute Gasteiger partial charge is 0.401 e. The summed E-state index contributed by atoms with van der Waals surface area (Å²) < 4.78 is 41.6. The lowest BCUT2D eigenvalue weighted by atomic mass is 10.1. The van der Waals surface area contributed by atoms with Gasteiger partial charge in [-0.1, -0.05) is 5.21 Å². The Morgan fingerprint density at radius 2 is 1.88 bits per heavy atom. The van der Waals surface area contributed by atoms with Crippen LogP contribution in [0.15, 0.2) is 24.7 Å². The van der Waals surface area contributed by atoms with Crippen LogP contribution in [0.4, 0.5) is 18.9 Å². The maximum Gasteiger partial charge on any atom is 0.401 e. The molecule has 0 aromatic carbocycles. The molecule has 2 aliphatic rings. The molecule has 1 aliphatic heterocycles. The van der Waals surface area contributed by atoms with Crippen LogP contribution in [0.25, 0.3) is 5.65 Å². The second-order valence-electron chi connectivity index (χ2n) is 8.38. The van der Waals surface area contributed by atoms with Crippen LogP contribution in [-0.2, 0) is 6.54 Å². The highest BCUT2D eigenvalue weighted by molar-refractivity contribution is 5.84. The molecule has 3 aromatic heterocycles. The Labute approximate surface area is 181 Å². The zero-order chi connectivity index (χ0) is 22.5. The van der Waals surface area contributed by atoms with Crippen LogP contribution in [0, 0.1) is 0 Å². The zero-order valence-electron chi connectivity index (χ0n) is 17.2. The van der Waals surface area contributed by atoms with Gasteiger partial charge in [-0.3, -0.25) is 4.90 Å². The number of hydrogen-bond acceptors (Lipinski definition) is 6. The Bertz CT molecular complexity index is 1140. The van der Waals surface area contributed by atoms with Gasteiger partial charge in [0.25, 0.3) is 0 Å². The van der Waals surface area contributed by atoms with Crippen molar-refractivity contribution in [1.82, 2.24) is 29.3 Å². The molecule has 5 rings (SSSR count). The van der Waals surface area contributed by atoms with E-state index in [0.29, 0.717) is 37.8 Å². The Balaban J connectivity index is 1.41. The minimum absolute atomic E-state index is 0.137. The number of aromatic carboxylic acids is 1. The Hall–Kier alpha value is -3.15. The van der Waals surface area contributed by atoms with E-state index in [4.69, 9.17) is 10.1 Å². The van der Waals surface area contributed by atoms with Gasteiger partial charge in [-0.05, 0) is 30.4 Å². The molecule has 170 valence electrons. The average Bonchev–Trinajstić information content (AvgIpc) is 3.33. The average molecular weight is 449 g/mol. The lowest BCUT2D eigenvalue weighted by molar-refractivity contribution is -0.146. The van der Waals surface area contributed by atoms with Crippen LogP contribution in [0.5, 0.6) is 0 Å². The topological polar surface area (TPSA) is 91.8 Å². The van der Waals surface area contributed by atoms with Crippen molar-refractivity contribution in [2.24, 2.45) is 0 Å². The first-order valence-corrected chi connectivity index (χ1v) is 10.4. The van der Waals surface area contributed by atoms with Crippen molar-refractivity contribution in [2.75, 3.05) is 37.6 Å². The predicted octanol–water partition coefficient (Wildman–Crippen LogP) is 2.23. The minimum atomic E-state index is -4.19. The Morgan fingerprint density at radius 1 is 1.12 bits per heavy atom. The van der Waals surface area contributed by atoms with Crippen LogP contribution in [0.3, 0.4) is 0 Å². The summed E-state index contributed by atoms with van der Waals surface area (Å²) in [7, 11) is 0. The number of alkyl halides is 3. The van der Waals surface area contributed by atoms with Crippen molar-refractivity contribution in [3.8, 4) is 0 Å². The van der Waals surface area contributed by atoms with E-state index in [1.807, 2.05) is 10.6 Å². The third-order valence-corrected chi connectivity index (χ3v) is 5.85. The Morgan fingerprint density at radius 3 is 2.50 bits per heavy atom. The first-order chi connectivity index (χ1) is 15.2. The van der Waals surface area contributed by atoms with Crippen LogP contribution in [0.1, 0.15) is 40.5 Å². The van der Waals surface area contributed by atoms with Gasteiger partial charge in [-0.15, -0.1) is 5.10 Å². The van der Waals surface area contributed by atoms with E-state index in [1.165, 1.54) is 21.3 Å². The quantitative estimate of drug-likeness (QED) is 0.617. The number of fused-ring (bicyclic) bond motifs is 1. The number of hydrogen-bond donors (Lipinski definition) is 1. The summed E-state index contributed by atoms with van der Waals surface area (Å²) in [5, 5.41) is 16.5. The lowest BCUT2D eigenvalue weighted by Gasteiger charge is -2.36. The van der Waals surface area contributed by atoms with Crippen LogP contribution in [-0.4, -0.2) is 79.3 Å². The van der Waals surface area contributed by atoms with Crippen molar-refractivity contribution in [3.63, 3.8) is 0 Å². The van der Waals surface area contributed by atoms with Gasteiger partial charge in [0.05, 0.1) is 30.7 Å². The molecule has 0 amide bonds. The first kappa shape index (κ1) is 20.7. The van der Waals surface area contributed by atoms with E-state index >= 15 is 0 Å². The minimum Gasteiger partial charge on any atom is -0.476 e. The normalized spacial score (nSPS) is 17.9. The molecule has 12 heteroatoms. The van der Waals surface area contributed by atoms with E-state index in [2.05, 4.69) is 27.5 Å². The number of halogens is 3. The summed E-state index contributed by atoms with van der Waals surface area (Å²) in [5.74, 6) is -0.642. The standard InChI is InChI=1S/C20H22F3N7O2/c21-20(22,23)12-27-3-5-28(6-4-27)17-7-14(13-1-2-13)8-29-9-15(24-18(17)29)10-30-11-16(19(31)32)25-26-30/h7-9,11,13H,1-6,10,12H2,(H,31,32). The van der Waals surface area contributed by atoms with Crippen LogP contribution >= 0.6 is 0 Å². The second kappa shape index (κ2) is 7.76. The van der Waals surface area contributed by atoms with E-state index in [1.54, 1.807) is 0 Å². The fourth-order valence-electron chi connectivity index (χ4n) is 4.14. The molecule has 0 unspecified atom stereocenters. The first-order valence-electron chi connectivity index (χ1n) is 10.4.